The van der Waals surface area contributed by atoms with Crippen molar-refractivity contribution in [2.75, 3.05) is 5.73 Å². The Morgan fingerprint density at radius 1 is 1.27 bits per heavy atom. The highest BCUT2D eigenvalue weighted by Crippen LogP contribution is 2.25. The van der Waals surface area contributed by atoms with E-state index >= 15 is 0 Å². The number of para-hydroxylation sites is 1. The first-order valence-corrected chi connectivity index (χ1v) is 7.26. The van der Waals surface area contributed by atoms with Gasteiger partial charge in [0.15, 0.2) is 5.01 Å². The van der Waals surface area contributed by atoms with Gasteiger partial charge in [-0.05, 0) is 6.07 Å². The Kier molecular flexibility index (Phi) is 2.76. The van der Waals surface area contributed by atoms with Crippen molar-refractivity contribution in [3.8, 4) is 11.6 Å². The number of nitrogens with two attached hydrogens (primary N) is 1. The summed E-state index contributed by atoms with van der Waals surface area (Å²) in [5, 5.41) is 10.2. The lowest BCUT2D eigenvalue weighted by atomic mass is 10.1. The number of rotatable bonds is 3. The molecule has 7 nitrogen and oxygen atoms in total. The lowest BCUT2D eigenvalue weighted by molar-refractivity contribution is 0.104. The first kappa shape index (κ1) is 12.7. The molecule has 0 fully saturated rings. The number of thiazole rings is 1. The molecule has 22 heavy (non-hydrogen) atoms. The molecule has 0 aliphatic rings. The number of carbonyl (C=O) groups excluding carboxylic acids is 1. The van der Waals surface area contributed by atoms with E-state index in [-0.39, 0.29) is 17.7 Å². The van der Waals surface area contributed by atoms with Crippen LogP contribution in [0, 0.1) is 0 Å². The number of H-pyrrole nitrogens is 1. The Morgan fingerprint density at radius 3 is 2.95 bits per heavy atom. The van der Waals surface area contributed by atoms with E-state index in [9.17, 15) is 4.79 Å². The van der Waals surface area contributed by atoms with E-state index in [4.69, 9.17) is 10.2 Å². The highest BCUT2D eigenvalue weighted by Gasteiger charge is 2.19. The topological polar surface area (TPSA) is 111 Å². The molecule has 0 atom stereocenters. The van der Waals surface area contributed by atoms with Gasteiger partial charge in [-0.2, -0.15) is 0 Å². The summed E-state index contributed by atoms with van der Waals surface area (Å²) in [5.74, 6) is 0.0490. The largest absolute Gasteiger partial charge is 0.402 e. The zero-order valence-corrected chi connectivity index (χ0v) is 11.9. The highest BCUT2D eigenvalue weighted by molar-refractivity contribution is 7.12. The molecule has 0 spiro atoms. The molecule has 0 saturated heterocycles. The lowest BCUT2D eigenvalue weighted by Crippen LogP contribution is -1.99. The molecule has 8 heteroatoms. The van der Waals surface area contributed by atoms with E-state index in [2.05, 4.69) is 20.2 Å². The van der Waals surface area contributed by atoms with Crippen molar-refractivity contribution in [3.63, 3.8) is 0 Å². The van der Waals surface area contributed by atoms with Gasteiger partial charge in [-0.3, -0.25) is 4.79 Å². The van der Waals surface area contributed by atoms with Gasteiger partial charge in [0, 0.05) is 22.5 Å². The predicted octanol–water partition coefficient (Wildman–Crippen LogP) is 2.49. The van der Waals surface area contributed by atoms with Crippen molar-refractivity contribution in [3.05, 3.63) is 46.4 Å². The minimum absolute atomic E-state index is 0.0347. The molecule has 0 aliphatic carbocycles. The zero-order valence-electron chi connectivity index (χ0n) is 11.1. The van der Waals surface area contributed by atoms with Crippen LogP contribution < -0.4 is 5.73 Å². The third-order valence-corrected chi connectivity index (χ3v) is 4.03. The number of anilines is 1. The van der Waals surface area contributed by atoms with Gasteiger partial charge < -0.3 is 15.1 Å². The van der Waals surface area contributed by atoms with E-state index in [1.807, 2.05) is 24.3 Å². The van der Waals surface area contributed by atoms with Crippen molar-refractivity contribution in [2.24, 2.45) is 0 Å². The van der Waals surface area contributed by atoms with Gasteiger partial charge >= 0.3 is 6.01 Å². The second-order valence-electron chi connectivity index (χ2n) is 4.56. The standard InChI is InChI=1S/C14H9N5O2S/c15-14-19-18-12(21-14)10-6-22-13(17-10)11(20)8-5-16-9-4-2-1-3-7(8)9/h1-6,16H,(H2,15,19). The summed E-state index contributed by atoms with van der Waals surface area (Å²) >= 11 is 1.23. The van der Waals surface area contributed by atoms with Gasteiger partial charge in [0.25, 0.3) is 5.89 Å². The smallest absolute Gasteiger partial charge is 0.313 e. The monoisotopic (exact) mass is 311 g/mol. The van der Waals surface area contributed by atoms with Crippen LogP contribution in [0.15, 0.2) is 40.3 Å². The fourth-order valence-electron chi connectivity index (χ4n) is 2.19. The molecule has 0 saturated carbocycles. The number of nitrogen functional groups attached to an aromatic ring is 1. The predicted molar refractivity (Wildman–Crippen MR) is 81.5 cm³/mol. The zero-order chi connectivity index (χ0) is 15.1. The van der Waals surface area contributed by atoms with Crippen LogP contribution in [0.2, 0.25) is 0 Å². The summed E-state index contributed by atoms with van der Waals surface area (Å²) in [4.78, 5) is 19.9. The Bertz CT molecular complexity index is 984. The number of aromatic amines is 1. The van der Waals surface area contributed by atoms with Crippen molar-refractivity contribution >= 4 is 34.0 Å². The van der Waals surface area contributed by atoms with Crippen LogP contribution in [0.5, 0.6) is 0 Å². The minimum Gasteiger partial charge on any atom is -0.402 e. The van der Waals surface area contributed by atoms with Crippen molar-refractivity contribution in [1.29, 1.82) is 0 Å². The Balaban J connectivity index is 1.73. The van der Waals surface area contributed by atoms with Crippen molar-refractivity contribution < 1.29 is 9.21 Å². The van der Waals surface area contributed by atoms with Gasteiger partial charge in [-0.15, -0.1) is 16.4 Å². The molecular formula is C14H9N5O2S. The summed E-state index contributed by atoms with van der Waals surface area (Å²) in [6.45, 7) is 0. The quantitative estimate of drug-likeness (QED) is 0.562. The fourth-order valence-corrected chi connectivity index (χ4v) is 2.93. The summed E-state index contributed by atoms with van der Waals surface area (Å²) in [6.07, 6.45) is 1.69. The number of carbonyl (C=O) groups is 1. The molecule has 0 aliphatic heterocycles. The molecular weight excluding hydrogens is 302 g/mol. The number of fused-ring (bicyclic) bond motifs is 1. The third-order valence-electron chi connectivity index (χ3n) is 3.19. The Hall–Kier alpha value is -3.00. The van der Waals surface area contributed by atoms with Gasteiger partial charge in [-0.25, -0.2) is 4.98 Å². The maximum absolute atomic E-state index is 12.6. The second-order valence-corrected chi connectivity index (χ2v) is 5.42. The van der Waals surface area contributed by atoms with E-state index in [1.54, 1.807) is 11.6 Å². The average molecular weight is 311 g/mol. The van der Waals surface area contributed by atoms with Crippen LogP contribution in [-0.4, -0.2) is 25.9 Å². The van der Waals surface area contributed by atoms with E-state index in [0.29, 0.717) is 16.3 Å². The highest BCUT2D eigenvalue weighted by atomic mass is 32.1. The number of ketones is 1. The molecule has 4 aromatic rings. The molecule has 0 bridgehead atoms. The third kappa shape index (κ3) is 1.97. The number of benzene rings is 1. The number of nitrogens with one attached hydrogen (secondary N) is 1. The van der Waals surface area contributed by atoms with Crippen LogP contribution in [0.25, 0.3) is 22.5 Å². The first-order chi connectivity index (χ1) is 10.7. The van der Waals surface area contributed by atoms with Crippen molar-refractivity contribution in [2.45, 2.75) is 0 Å². The molecule has 108 valence electrons. The average Bonchev–Trinajstić information content (AvgIpc) is 3.25. The summed E-state index contributed by atoms with van der Waals surface area (Å²) in [5.41, 5.74) is 7.32. The van der Waals surface area contributed by atoms with Gasteiger partial charge in [0.1, 0.15) is 5.69 Å². The van der Waals surface area contributed by atoms with E-state index in [1.165, 1.54) is 11.3 Å². The van der Waals surface area contributed by atoms with E-state index in [0.717, 1.165) is 10.9 Å². The molecule has 3 heterocycles. The van der Waals surface area contributed by atoms with Gasteiger partial charge in [0.05, 0.1) is 5.56 Å². The van der Waals surface area contributed by atoms with Crippen LogP contribution in [-0.2, 0) is 0 Å². The normalized spacial score (nSPS) is 11.1. The Labute approximate surface area is 127 Å². The van der Waals surface area contributed by atoms with Crippen LogP contribution >= 0.6 is 11.3 Å². The second kappa shape index (κ2) is 4.78. The maximum atomic E-state index is 12.6. The van der Waals surface area contributed by atoms with Crippen LogP contribution in [0.4, 0.5) is 6.01 Å². The minimum atomic E-state index is -0.152. The Morgan fingerprint density at radius 2 is 2.14 bits per heavy atom. The molecule has 1 aromatic carbocycles. The van der Waals surface area contributed by atoms with Crippen LogP contribution in [0.1, 0.15) is 15.4 Å². The van der Waals surface area contributed by atoms with Gasteiger partial charge in [-0.1, -0.05) is 23.3 Å². The van der Waals surface area contributed by atoms with Crippen molar-refractivity contribution in [1.82, 2.24) is 20.2 Å². The lowest BCUT2D eigenvalue weighted by Gasteiger charge is -1.94. The first-order valence-electron chi connectivity index (χ1n) is 6.38. The molecule has 0 radical (unpaired) electrons. The number of hydrogen-bond donors (Lipinski definition) is 2. The SMILES string of the molecule is Nc1nnc(-c2csc(C(=O)c3c[nH]c4ccccc34)n2)o1. The summed E-state index contributed by atoms with van der Waals surface area (Å²) in [6, 6.07) is 7.58. The molecule has 3 N–H and O–H groups in total. The summed E-state index contributed by atoms with van der Waals surface area (Å²) < 4.78 is 5.11. The summed E-state index contributed by atoms with van der Waals surface area (Å²) in [7, 11) is 0. The number of aromatic nitrogens is 4. The molecule has 0 unspecified atom stereocenters. The number of hydrogen-bond acceptors (Lipinski definition) is 7. The number of nitrogens with zero attached hydrogens (tertiary/aromatic N) is 3. The van der Waals surface area contributed by atoms with E-state index < -0.39 is 0 Å². The molecule has 4 rings (SSSR count). The fraction of sp³-hybridized carbons (Fsp3) is 0. The maximum Gasteiger partial charge on any atom is 0.313 e. The molecule has 3 aromatic heterocycles. The molecule has 0 amide bonds. The van der Waals surface area contributed by atoms with Crippen LogP contribution in [0.3, 0.4) is 0 Å². The van der Waals surface area contributed by atoms with Gasteiger partial charge in [0.2, 0.25) is 5.78 Å².